The van der Waals surface area contributed by atoms with Gasteiger partial charge >= 0.3 is 0 Å². The second kappa shape index (κ2) is 4.59. The Bertz CT molecular complexity index is 391. The average Bonchev–Trinajstić information content (AvgIpc) is 2.62. The van der Waals surface area contributed by atoms with Crippen LogP contribution in [0.4, 0.5) is 0 Å². The number of benzene rings is 1. The Morgan fingerprint density at radius 2 is 2.14 bits per heavy atom. The molecule has 1 atom stereocenters. The topological polar surface area (TPSA) is 0 Å². The van der Waals surface area contributed by atoms with Gasteiger partial charge < -0.3 is 0 Å². The van der Waals surface area contributed by atoms with Gasteiger partial charge in [-0.15, -0.1) is 5.56 Å². The molecule has 0 amide bonds. The summed E-state index contributed by atoms with van der Waals surface area (Å²) in [5.74, 6) is 0.527. The minimum Gasteiger partial charge on any atom is -0.270 e. The molecule has 0 heterocycles. The molecular weight excluding hydrogens is 246 g/mol. The van der Waals surface area contributed by atoms with Crippen molar-refractivity contribution in [2.45, 2.75) is 6.42 Å². The normalized spacial score (nSPS) is 20.3. The van der Waals surface area contributed by atoms with Gasteiger partial charge in [0.15, 0.2) is 0 Å². The zero-order valence-electron chi connectivity index (χ0n) is 7.57. The van der Waals surface area contributed by atoms with Crippen LogP contribution in [0.1, 0.15) is 11.1 Å². The predicted molar refractivity (Wildman–Crippen MR) is 48.3 cm³/mol. The minimum absolute atomic E-state index is 0. The first-order chi connectivity index (χ1) is 5.95. The van der Waals surface area contributed by atoms with Gasteiger partial charge in [-0.05, 0) is 0 Å². The van der Waals surface area contributed by atoms with Crippen molar-refractivity contribution in [2.24, 2.45) is 5.92 Å². The van der Waals surface area contributed by atoms with E-state index >= 15 is 0 Å². The van der Waals surface area contributed by atoms with Crippen LogP contribution in [0.5, 0.6) is 0 Å². The first-order valence-corrected chi connectivity index (χ1v) is 4.24. The van der Waals surface area contributed by atoms with E-state index in [0.717, 1.165) is 6.42 Å². The van der Waals surface area contributed by atoms with Gasteiger partial charge in [0.25, 0.3) is 0 Å². The number of hydrogen-bond donors (Lipinski definition) is 0. The van der Waals surface area contributed by atoms with Gasteiger partial charge in [0.1, 0.15) is 0 Å². The number of hydrogen-bond acceptors (Lipinski definition) is 0. The Balaban J connectivity index is 0.000000490. The third-order valence-electron chi connectivity index (χ3n) is 2.60. The molecule has 2 heteroatoms. The molecule has 0 aliphatic heterocycles. The fourth-order valence-corrected chi connectivity index (χ4v) is 2.02. The van der Waals surface area contributed by atoms with Crippen molar-refractivity contribution in [1.82, 2.24) is 0 Å². The summed E-state index contributed by atoms with van der Waals surface area (Å²) in [6, 6.07) is 9.51. The van der Waals surface area contributed by atoms with E-state index in [1.54, 1.807) is 0 Å². The Hall–Kier alpha value is -0.131. The molecule has 0 N–H and O–H groups in total. The maximum atomic E-state index is 3.33. The summed E-state index contributed by atoms with van der Waals surface area (Å²) in [7, 11) is 0. The fraction of sp³-hybridized carbons (Fsp3) is 0.167. The smallest absolute Gasteiger partial charge is 0 e. The van der Waals surface area contributed by atoms with Crippen LogP contribution >= 0.6 is 0 Å². The van der Waals surface area contributed by atoms with Gasteiger partial charge in [-0.1, -0.05) is 12.3 Å². The van der Waals surface area contributed by atoms with Crippen molar-refractivity contribution in [3.8, 4) is 0 Å². The van der Waals surface area contributed by atoms with Crippen LogP contribution in [0.15, 0.2) is 30.4 Å². The molecule has 0 aromatic heterocycles. The predicted octanol–water partition coefficient (Wildman–Crippen LogP) is 2.41. The molecule has 1 aromatic carbocycles. The molecule has 1 aromatic rings. The molecule has 0 spiro atoms. The van der Waals surface area contributed by atoms with Crippen LogP contribution in [0.3, 0.4) is 0 Å². The molecule has 0 nitrogen and oxygen atoms in total. The third-order valence-corrected chi connectivity index (χ3v) is 2.60. The minimum atomic E-state index is 0. The zero-order valence-corrected chi connectivity index (χ0v) is 10.4. The maximum absolute atomic E-state index is 3.33. The molecule has 0 fully saturated rings. The van der Waals surface area contributed by atoms with Crippen LogP contribution in [-0.2, 0) is 43.5 Å². The van der Waals surface area contributed by atoms with Crippen molar-refractivity contribution in [3.05, 3.63) is 53.6 Å². The number of fused-ring (bicyclic) bond motifs is 3. The van der Waals surface area contributed by atoms with Gasteiger partial charge in [0.2, 0.25) is 0 Å². The van der Waals surface area contributed by atoms with E-state index in [2.05, 4.69) is 30.4 Å². The van der Waals surface area contributed by atoms with E-state index in [-0.39, 0.29) is 37.1 Å². The molecule has 2 aliphatic rings. The molecule has 68 valence electrons. The van der Waals surface area contributed by atoms with Crippen LogP contribution in [0, 0.1) is 18.1 Å². The third kappa shape index (κ3) is 1.68. The summed E-state index contributed by atoms with van der Waals surface area (Å²) < 4.78 is 0. The Morgan fingerprint density at radius 1 is 1.29 bits per heavy atom. The molecule has 14 heavy (non-hydrogen) atoms. The average molecular weight is 254 g/mol. The SMILES string of the molecule is [C-]1=CC=C2c3ccc[c-]c3CC12.[V].[V]. The molecule has 3 rings (SSSR count). The van der Waals surface area contributed by atoms with Gasteiger partial charge in [-0.2, -0.15) is 35.4 Å². The second-order valence-corrected chi connectivity index (χ2v) is 3.27. The van der Waals surface area contributed by atoms with E-state index in [9.17, 15) is 0 Å². The summed E-state index contributed by atoms with van der Waals surface area (Å²) in [6.45, 7) is 0. The molecule has 1 unspecified atom stereocenters. The van der Waals surface area contributed by atoms with Crippen molar-refractivity contribution in [3.63, 3.8) is 0 Å². The number of allylic oxidation sites excluding steroid dienone is 4. The maximum Gasteiger partial charge on any atom is 0 e. The standard InChI is InChI=1S/C12H8.2V/c1-2-6-11-9(4-1)8-10-5-3-7-12(10)11;;/h1-3,6-7,10H,8H2;;/q-2;;. The molecule has 2 radical (unpaired) electrons. The summed E-state index contributed by atoms with van der Waals surface area (Å²) in [5, 5.41) is 0. The van der Waals surface area contributed by atoms with Crippen molar-refractivity contribution in [1.29, 1.82) is 0 Å². The molecule has 2 aliphatic carbocycles. The van der Waals surface area contributed by atoms with E-state index in [1.807, 2.05) is 12.1 Å². The summed E-state index contributed by atoms with van der Waals surface area (Å²) in [4.78, 5) is 0. The van der Waals surface area contributed by atoms with E-state index in [1.165, 1.54) is 16.7 Å². The summed E-state index contributed by atoms with van der Waals surface area (Å²) in [6.07, 6.45) is 8.63. The molecular formula is C12H8V2-2. The zero-order chi connectivity index (χ0) is 7.97. The molecule has 0 bridgehead atoms. The van der Waals surface area contributed by atoms with Crippen molar-refractivity contribution in [2.75, 3.05) is 0 Å². The van der Waals surface area contributed by atoms with Gasteiger partial charge in [-0.3, -0.25) is 6.08 Å². The Kier molecular flexibility index (Phi) is 3.92. The first-order valence-electron chi connectivity index (χ1n) is 4.24. The van der Waals surface area contributed by atoms with E-state index in [0.29, 0.717) is 5.92 Å². The fourth-order valence-electron chi connectivity index (χ4n) is 2.02. The van der Waals surface area contributed by atoms with Crippen LogP contribution in [0.25, 0.3) is 5.57 Å². The Morgan fingerprint density at radius 3 is 3.00 bits per heavy atom. The first kappa shape index (κ1) is 11.9. The summed E-state index contributed by atoms with van der Waals surface area (Å²) >= 11 is 0. The van der Waals surface area contributed by atoms with Crippen LogP contribution in [0.2, 0.25) is 0 Å². The number of rotatable bonds is 0. The second-order valence-electron chi connectivity index (χ2n) is 3.27. The van der Waals surface area contributed by atoms with Crippen LogP contribution < -0.4 is 0 Å². The Labute approximate surface area is 108 Å². The quantitative estimate of drug-likeness (QED) is 0.624. The monoisotopic (exact) mass is 254 g/mol. The largest absolute Gasteiger partial charge is 0.270 e. The van der Waals surface area contributed by atoms with Gasteiger partial charge in [0, 0.05) is 37.1 Å². The van der Waals surface area contributed by atoms with E-state index < -0.39 is 0 Å². The molecule has 0 saturated carbocycles. The van der Waals surface area contributed by atoms with Gasteiger partial charge in [-0.25, -0.2) is 12.2 Å². The van der Waals surface area contributed by atoms with E-state index in [4.69, 9.17) is 0 Å². The van der Waals surface area contributed by atoms with Gasteiger partial charge in [0.05, 0.1) is 0 Å². The molecule has 0 saturated heterocycles. The van der Waals surface area contributed by atoms with Crippen LogP contribution in [-0.4, -0.2) is 0 Å². The summed E-state index contributed by atoms with van der Waals surface area (Å²) in [5.41, 5.74) is 4.17. The van der Waals surface area contributed by atoms with Crippen molar-refractivity contribution >= 4 is 5.57 Å². The van der Waals surface area contributed by atoms with Crippen molar-refractivity contribution < 1.29 is 37.1 Å².